The number of fused-ring (bicyclic) bond motifs is 1. The van der Waals surface area contributed by atoms with Crippen molar-refractivity contribution in [1.29, 1.82) is 0 Å². The zero-order chi connectivity index (χ0) is 17.3. The third-order valence-corrected chi connectivity index (χ3v) is 2.83. The van der Waals surface area contributed by atoms with Crippen LogP contribution in [0.25, 0.3) is 0 Å². The molecule has 2 rings (SSSR count). The van der Waals surface area contributed by atoms with Crippen LogP contribution in [0.5, 0.6) is 0 Å². The first-order valence-electron chi connectivity index (χ1n) is 6.02. The molecule has 3 nitrogen and oxygen atoms in total. The van der Waals surface area contributed by atoms with Gasteiger partial charge in [-0.05, 0) is 65.3 Å². The Morgan fingerprint density at radius 3 is 2.14 bits per heavy atom. The van der Waals surface area contributed by atoms with Gasteiger partial charge in [-0.3, -0.25) is 9.36 Å². The Bertz CT molecular complexity index is 608. The van der Waals surface area contributed by atoms with Crippen LogP contribution in [0.2, 0.25) is 0 Å². The molecule has 0 radical (unpaired) electrons. The van der Waals surface area contributed by atoms with E-state index in [1.54, 1.807) is 19.9 Å². The topological polar surface area (TPSA) is 37.4 Å². The molecular formula is C12H12Cl3F3NO2P. The van der Waals surface area contributed by atoms with E-state index in [0.29, 0.717) is 5.69 Å². The third kappa shape index (κ3) is 5.34. The van der Waals surface area contributed by atoms with E-state index in [4.69, 9.17) is 0 Å². The molecule has 10 heteroatoms. The van der Waals surface area contributed by atoms with Gasteiger partial charge in [0.25, 0.3) is 0 Å². The van der Waals surface area contributed by atoms with Crippen molar-refractivity contribution in [2.24, 2.45) is 0 Å². The number of benzene rings is 1. The van der Waals surface area contributed by atoms with Crippen molar-refractivity contribution in [2.75, 3.05) is 4.90 Å². The smallest absolute Gasteiger partial charge is 0.309 e. The minimum Gasteiger partial charge on any atom is -0.309 e. The Balaban J connectivity index is 0.000000422. The first kappa shape index (κ1) is 19.6. The summed E-state index contributed by atoms with van der Waals surface area (Å²) in [5.41, 5.74) is -0.218. The number of rotatable bonds is 1. The van der Waals surface area contributed by atoms with E-state index in [1.165, 1.54) is 11.0 Å². The molecule has 0 N–H and O–H groups in total. The standard InChI is InChI=1S/C12H12F3NO.Cl3OP/c1-7(2)16-10-5-3-4-9(12(13,14)15)8(10)6-11(16)17;1-5(2,3)4/h3-5,7H,6H2,1-2H3;. The largest absolute Gasteiger partial charge is 0.416 e. The maximum atomic E-state index is 12.8. The highest BCUT2D eigenvalue weighted by atomic mass is 36.0. The van der Waals surface area contributed by atoms with E-state index in [1.807, 2.05) is 0 Å². The Kier molecular flexibility index (Phi) is 6.24. The summed E-state index contributed by atoms with van der Waals surface area (Å²) in [6.07, 6.45) is -4.57. The van der Waals surface area contributed by atoms with Gasteiger partial charge in [0, 0.05) is 11.7 Å². The number of halogens is 6. The highest BCUT2D eigenvalue weighted by Gasteiger charge is 2.39. The van der Waals surface area contributed by atoms with Crippen LogP contribution < -0.4 is 4.90 Å². The van der Waals surface area contributed by atoms with E-state index in [9.17, 15) is 22.5 Å². The van der Waals surface area contributed by atoms with Crippen molar-refractivity contribution in [3.05, 3.63) is 29.3 Å². The van der Waals surface area contributed by atoms with Gasteiger partial charge < -0.3 is 4.90 Å². The van der Waals surface area contributed by atoms with Crippen molar-refractivity contribution >= 4 is 50.5 Å². The minimum atomic E-state index is -4.40. The van der Waals surface area contributed by atoms with Crippen LogP contribution in [0, 0.1) is 0 Å². The molecule has 0 fully saturated rings. The molecule has 1 aliphatic rings. The first-order chi connectivity index (χ1) is 9.82. The third-order valence-electron chi connectivity index (χ3n) is 2.83. The van der Waals surface area contributed by atoms with E-state index in [-0.39, 0.29) is 23.9 Å². The summed E-state index contributed by atoms with van der Waals surface area (Å²) >= 11 is 13.8. The molecule has 0 aliphatic carbocycles. The van der Waals surface area contributed by atoms with Crippen LogP contribution >= 0.6 is 38.9 Å². The molecule has 1 aromatic carbocycles. The second-order valence-corrected chi connectivity index (χ2v) is 11.4. The van der Waals surface area contributed by atoms with Gasteiger partial charge in [-0.2, -0.15) is 13.2 Å². The molecule has 0 unspecified atom stereocenters. The normalized spacial score (nSPS) is 14.8. The Morgan fingerprint density at radius 1 is 1.23 bits per heavy atom. The van der Waals surface area contributed by atoms with Crippen molar-refractivity contribution < 1.29 is 22.5 Å². The lowest BCUT2D eigenvalue weighted by Crippen LogP contribution is -2.33. The summed E-state index contributed by atoms with van der Waals surface area (Å²) in [6.45, 7) is 3.57. The monoisotopic (exact) mass is 395 g/mol. The van der Waals surface area contributed by atoms with Crippen LogP contribution in [-0.4, -0.2) is 11.9 Å². The summed E-state index contributed by atoms with van der Waals surface area (Å²) in [4.78, 5) is 13.1. The SMILES string of the molecule is CC(C)N1C(=O)Cc2c1cccc2C(F)(F)F.O=P(Cl)(Cl)Cl. The summed E-state index contributed by atoms with van der Waals surface area (Å²) in [5, 5.41) is -3.22. The average molecular weight is 397 g/mol. The fraction of sp³-hybridized carbons (Fsp3) is 0.417. The van der Waals surface area contributed by atoms with Crippen molar-refractivity contribution in [3.63, 3.8) is 0 Å². The predicted molar refractivity (Wildman–Crippen MR) is 82.9 cm³/mol. The molecule has 0 spiro atoms. The van der Waals surface area contributed by atoms with Gasteiger partial charge in [-0.1, -0.05) is 6.07 Å². The molecule has 0 bridgehead atoms. The van der Waals surface area contributed by atoms with Crippen LogP contribution in [0.15, 0.2) is 18.2 Å². The molecule has 1 amide bonds. The van der Waals surface area contributed by atoms with E-state index >= 15 is 0 Å². The molecule has 1 heterocycles. The van der Waals surface area contributed by atoms with Crippen LogP contribution in [-0.2, 0) is 22.0 Å². The van der Waals surface area contributed by atoms with Crippen molar-refractivity contribution in [2.45, 2.75) is 32.5 Å². The zero-order valence-corrected chi connectivity index (χ0v) is 14.7. The molecule has 0 saturated heterocycles. The zero-order valence-electron chi connectivity index (χ0n) is 11.5. The lowest BCUT2D eigenvalue weighted by Gasteiger charge is -2.22. The molecule has 0 atom stereocenters. The number of carbonyl (C=O) groups excluding carboxylic acids is 1. The number of hydrogen-bond acceptors (Lipinski definition) is 2. The second-order valence-electron chi connectivity index (χ2n) is 4.73. The number of nitrogens with zero attached hydrogens (tertiary/aromatic N) is 1. The van der Waals surface area contributed by atoms with Crippen LogP contribution in [0.1, 0.15) is 25.0 Å². The van der Waals surface area contributed by atoms with Gasteiger partial charge in [-0.15, -0.1) is 0 Å². The summed E-state index contributed by atoms with van der Waals surface area (Å²) in [5.74, 6) is -0.272. The lowest BCUT2D eigenvalue weighted by atomic mass is 10.0. The molecule has 1 aliphatic heterocycles. The number of alkyl halides is 3. The van der Waals surface area contributed by atoms with Gasteiger partial charge in [0.15, 0.2) is 0 Å². The minimum absolute atomic E-state index is 0.0960. The second kappa shape index (κ2) is 7.00. The van der Waals surface area contributed by atoms with Crippen molar-refractivity contribution in [1.82, 2.24) is 0 Å². The first-order valence-corrected chi connectivity index (χ1v) is 10.4. The highest BCUT2D eigenvalue weighted by Crippen LogP contribution is 2.61. The molecule has 0 saturated carbocycles. The average Bonchev–Trinajstić information content (AvgIpc) is 2.60. The maximum absolute atomic E-state index is 12.8. The Hall–Kier alpha value is -0.420. The number of hydrogen-bond donors (Lipinski definition) is 0. The quantitative estimate of drug-likeness (QED) is 0.561. The Morgan fingerprint density at radius 2 is 1.73 bits per heavy atom. The Labute approximate surface area is 140 Å². The van der Waals surface area contributed by atoms with E-state index in [2.05, 4.69) is 33.7 Å². The molecule has 0 aromatic heterocycles. The summed E-state index contributed by atoms with van der Waals surface area (Å²) < 4.78 is 47.8. The number of amides is 1. The summed E-state index contributed by atoms with van der Waals surface area (Å²) in [7, 11) is 0. The van der Waals surface area contributed by atoms with E-state index in [0.717, 1.165) is 6.07 Å². The summed E-state index contributed by atoms with van der Waals surface area (Å²) in [6, 6.07) is 3.80. The van der Waals surface area contributed by atoms with Crippen LogP contribution in [0.4, 0.5) is 18.9 Å². The fourth-order valence-electron chi connectivity index (χ4n) is 2.19. The van der Waals surface area contributed by atoms with Crippen LogP contribution in [0.3, 0.4) is 0 Å². The molecule has 1 aromatic rings. The van der Waals surface area contributed by atoms with Gasteiger partial charge >= 0.3 is 11.4 Å². The van der Waals surface area contributed by atoms with E-state index < -0.39 is 16.9 Å². The lowest BCUT2D eigenvalue weighted by molar-refractivity contribution is -0.138. The van der Waals surface area contributed by atoms with Gasteiger partial charge in [0.2, 0.25) is 5.91 Å². The maximum Gasteiger partial charge on any atom is 0.416 e. The van der Waals surface area contributed by atoms with Gasteiger partial charge in [0.1, 0.15) is 0 Å². The molecule has 22 heavy (non-hydrogen) atoms. The van der Waals surface area contributed by atoms with Gasteiger partial charge in [0.05, 0.1) is 12.0 Å². The highest BCUT2D eigenvalue weighted by molar-refractivity contribution is 8.24. The van der Waals surface area contributed by atoms with Gasteiger partial charge in [-0.25, -0.2) is 0 Å². The number of carbonyl (C=O) groups is 1. The molecular weight excluding hydrogens is 384 g/mol. The van der Waals surface area contributed by atoms with Crippen molar-refractivity contribution in [3.8, 4) is 0 Å². The number of anilines is 1. The predicted octanol–water partition coefficient (Wildman–Crippen LogP) is 5.81. The molecule has 124 valence electrons. The fourth-order valence-corrected chi connectivity index (χ4v) is 2.19.